The van der Waals surface area contributed by atoms with Gasteiger partial charge in [-0.1, -0.05) is 6.08 Å². The normalized spacial score (nSPS) is 16.9. The van der Waals surface area contributed by atoms with E-state index in [0.29, 0.717) is 0 Å². The zero-order valence-electron chi connectivity index (χ0n) is 5.02. The number of rotatable bonds is 2. The number of nitrogens with zero attached hydrogens (tertiary/aromatic N) is 1. The second-order valence-corrected chi connectivity index (χ2v) is 1.80. The Morgan fingerprint density at radius 1 is 1.88 bits per heavy atom. The Morgan fingerprint density at radius 2 is 2.75 bits per heavy atom. The Labute approximate surface area is 49.3 Å². The highest BCUT2D eigenvalue weighted by atomic mass is 14.8. The van der Waals surface area contributed by atoms with Crippen molar-refractivity contribution in [3.8, 4) is 0 Å². The van der Waals surface area contributed by atoms with E-state index < -0.39 is 0 Å². The minimum absolute atomic E-state index is 0.872. The van der Waals surface area contributed by atoms with Gasteiger partial charge in [-0.2, -0.15) is 0 Å². The molecule has 0 atom stereocenters. The maximum absolute atomic E-state index is 4.03. The predicted molar refractivity (Wildman–Crippen MR) is 35.4 cm³/mol. The van der Waals surface area contributed by atoms with E-state index in [0.717, 1.165) is 13.1 Å². The molecular formula is C6H10N2. The van der Waals surface area contributed by atoms with E-state index in [4.69, 9.17) is 0 Å². The van der Waals surface area contributed by atoms with Gasteiger partial charge >= 0.3 is 0 Å². The van der Waals surface area contributed by atoms with Gasteiger partial charge in [0.1, 0.15) is 0 Å². The first kappa shape index (κ1) is 5.51. The summed E-state index contributed by atoms with van der Waals surface area (Å²) in [5.41, 5.74) is 1.30. The average Bonchev–Trinajstić information content (AvgIpc) is 2.19. The molecule has 8 heavy (non-hydrogen) atoms. The number of hydrogen-bond donors (Lipinski definition) is 1. The summed E-state index contributed by atoms with van der Waals surface area (Å²) in [5.74, 6) is 0. The molecule has 0 aromatic heterocycles. The molecule has 0 spiro atoms. The molecule has 0 bridgehead atoms. The molecule has 0 unspecified atom stereocenters. The molecule has 0 saturated heterocycles. The standard InChI is InChI=1S/C6H10N2/c1-7-4-6-2-3-8-5-6/h2,5,7H,3-4H2,1H3. The van der Waals surface area contributed by atoms with Crippen molar-refractivity contribution < 1.29 is 0 Å². The molecule has 0 radical (unpaired) electrons. The van der Waals surface area contributed by atoms with E-state index >= 15 is 0 Å². The molecule has 1 aliphatic rings. The first-order valence-corrected chi connectivity index (χ1v) is 2.77. The lowest BCUT2D eigenvalue weighted by molar-refractivity contribution is 0.906. The van der Waals surface area contributed by atoms with Gasteiger partial charge in [0.2, 0.25) is 0 Å². The van der Waals surface area contributed by atoms with Crippen LogP contribution in [-0.2, 0) is 0 Å². The average molecular weight is 110 g/mol. The monoisotopic (exact) mass is 110 g/mol. The minimum Gasteiger partial charge on any atom is -0.316 e. The maximum Gasteiger partial charge on any atom is 0.0577 e. The fraction of sp³-hybridized carbons (Fsp3) is 0.500. The number of likely N-dealkylation sites (N-methyl/N-ethyl adjacent to an activating group) is 1. The van der Waals surface area contributed by atoms with Gasteiger partial charge in [0.15, 0.2) is 0 Å². The lowest BCUT2D eigenvalue weighted by Crippen LogP contribution is -2.09. The Kier molecular flexibility index (Phi) is 1.80. The fourth-order valence-corrected chi connectivity index (χ4v) is 0.715. The summed E-state index contributed by atoms with van der Waals surface area (Å²) in [6.45, 7) is 1.82. The van der Waals surface area contributed by atoms with Gasteiger partial charge in [0.05, 0.1) is 6.54 Å². The minimum atomic E-state index is 0.872. The van der Waals surface area contributed by atoms with Crippen molar-refractivity contribution in [1.82, 2.24) is 5.32 Å². The van der Waals surface area contributed by atoms with E-state index in [9.17, 15) is 0 Å². The summed E-state index contributed by atoms with van der Waals surface area (Å²) in [4.78, 5) is 4.03. The van der Waals surface area contributed by atoms with E-state index in [1.54, 1.807) is 0 Å². The smallest absolute Gasteiger partial charge is 0.0577 e. The van der Waals surface area contributed by atoms with Crippen LogP contribution in [0, 0.1) is 0 Å². The highest BCUT2D eigenvalue weighted by Gasteiger charge is 1.93. The fourth-order valence-electron chi connectivity index (χ4n) is 0.715. The summed E-state index contributed by atoms with van der Waals surface area (Å²) >= 11 is 0. The Bertz CT molecular complexity index is 124. The predicted octanol–water partition coefficient (Wildman–Crippen LogP) is 0.217. The lowest BCUT2D eigenvalue weighted by Gasteiger charge is -1.91. The highest BCUT2D eigenvalue weighted by molar-refractivity contribution is 5.81. The molecule has 0 aliphatic carbocycles. The van der Waals surface area contributed by atoms with Crippen LogP contribution in [0.3, 0.4) is 0 Å². The van der Waals surface area contributed by atoms with Crippen LogP contribution < -0.4 is 5.32 Å². The maximum atomic E-state index is 4.03. The number of hydrogen-bond acceptors (Lipinski definition) is 2. The van der Waals surface area contributed by atoms with Crippen LogP contribution in [0.25, 0.3) is 0 Å². The molecule has 0 saturated carbocycles. The van der Waals surface area contributed by atoms with Crippen LogP contribution in [0.5, 0.6) is 0 Å². The molecule has 44 valence electrons. The third-order valence-electron chi connectivity index (χ3n) is 1.10. The summed E-state index contributed by atoms with van der Waals surface area (Å²) in [6, 6.07) is 0. The highest BCUT2D eigenvalue weighted by Crippen LogP contribution is 1.94. The van der Waals surface area contributed by atoms with E-state index in [1.807, 2.05) is 13.3 Å². The molecule has 2 heteroatoms. The van der Waals surface area contributed by atoms with Gasteiger partial charge < -0.3 is 5.32 Å². The topological polar surface area (TPSA) is 24.4 Å². The van der Waals surface area contributed by atoms with Crippen molar-refractivity contribution in [1.29, 1.82) is 0 Å². The quantitative estimate of drug-likeness (QED) is 0.540. The van der Waals surface area contributed by atoms with Crippen LogP contribution in [-0.4, -0.2) is 26.4 Å². The molecule has 1 aliphatic heterocycles. The van der Waals surface area contributed by atoms with E-state index in [1.165, 1.54) is 5.57 Å². The van der Waals surface area contributed by atoms with Gasteiger partial charge in [-0.15, -0.1) is 0 Å². The Morgan fingerprint density at radius 3 is 3.25 bits per heavy atom. The van der Waals surface area contributed by atoms with Crippen LogP contribution in [0.1, 0.15) is 0 Å². The third kappa shape index (κ3) is 1.17. The van der Waals surface area contributed by atoms with E-state index in [-0.39, 0.29) is 0 Å². The molecule has 0 amide bonds. The van der Waals surface area contributed by atoms with Crippen LogP contribution in [0.4, 0.5) is 0 Å². The van der Waals surface area contributed by atoms with Crippen molar-refractivity contribution in [2.75, 3.05) is 20.1 Å². The second-order valence-electron chi connectivity index (χ2n) is 1.80. The van der Waals surface area contributed by atoms with Crippen molar-refractivity contribution in [2.24, 2.45) is 4.99 Å². The molecule has 2 nitrogen and oxygen atoms in total. The second kappa shape index (κ2) is 2.62. The SMILES string of the molecule is CNCC1=CCN=C1. The molecule has 0 aromatic carbocycles. The molecule has 0 aromatic rings. The molecular weight excluding hydrogens is 100 g/mol. The van der Waals surface area contributed by atoms with Gasteiger partial charge in [0, 0.05) is 12.8 Å². The van der Waals surface area contributed by atoms with Crippen LogP contribution in [0.2, 0.25) is 0 Å². The van der Waals surface area contributed by atoms with Gasteiger partial charge in [-0.05, 0) is 12.6 Å². The Balaban J connectivity index is 2.34. The lowest BCUT2D eigenvalue weighted by atomic mass is 10.3. The van der Waals surface area contributed by atoms with Crippen molar-refractivity contribution in [2.45, 2.75) is 0 Å². The molecule has 1 rings (SSSR count). The summed E-state index contributed by atoms with van der Waals surface area (Å²) in [7, 11) is 1.94. The van der Waals surface area contributed by atoms with Gasteiger partial charge in [-0.25, -0.2) is 0 Å². The van der Waals surface area contributed by atoms with Crippen LogP contribution >= 0.6 is 0 Å². The van der Waals surface area contributed by atoms with Crippen molar-refractivity contribution in [3.05, 3.63) is 11.6 Å². The first-order valence-electron chi connectivity index (χ1n) is 2.77. The zero-order chi connectivity index (χ0) is 5.82. The molecule has 1 heterocycles. The van der Waals surface area contributed by atoms with E-state index in [2.05, 4.69) is 16.4 Å². The summed E-state index contributed by atoms with van der Waals surface area (Å²) in [6.07, 6.45) is 4.03. The third-order valence-corrected chi connectivity index (χ3v) is 1.10. The van der Waals surface area contributed by atoms with Crippen LogP contribution in [0.15, 0.2) is 16.6 Å². The molecule has 1 N–H and O–H groups in total. The van der Waals surface area contributed by atoms with Crippen molar-refractivity contribution >= 4 is 6.21 Å². The number of nitrogens with one attached hydrogen (secondary N) is 1. The Hall–Kier alpha value is -0.630. The zero-order valence-corrected chi connectivity index (χ0v) is 5.02. The first-order chi connectivity index (χ1) is 3.93. The number of aliphatic imine (C=N–C) groups is 1. The summed E-state index contributed by atoms with van der Waals surface area (Å²) in [5, 5.41) is 3.05. The largest absolute Gasteiger partial charge is 0.316 e. The molecule has 0 fully saturated rings. The van der Waals surface area contributed by atoms with Gasteiger partial charge in [-0.3, -0.25) is 4.99 Å². The summed E-state index contributed by atoms with van der Waals surface area (Å²) < 4.78 is 0. The van der Waals surface area contributed by atoms with Gasteiger partial charge in [0.25, 0.3) is 0 Å². The van der Waals surface area contributed by atoms with Crippen molar-refractivity contribution in [3.63, 3.8) is 0 Å².